The Kier molecular flexibility index (Phi) is 7.81. The van der Waals surface area contributed by atoms with E-state index in [1.165, 1.54) is 14.0 Å². The molecule has 0 aliphatic rings. The van der Waals surface area contributed by atoms with E-state index in [2.05, 4.69) is 23.9 Å². The van der Waals surface area contributed by atoms with Crippen molar-refractivity contribution in [1.29, 1.82) is 0 Å². The van der Waals surface area contributed by atoms with E-state index < -0.39 is 18.0 Å². The Hall–Kier alpha value is -2.90. The SMILES string of the molecule is COC(=O)c1c(C)[nH]c(C(=O)C(C)OC(=O)CCc2c(C)nn(CC(C)C)c2C)c1C. The molecular weight excluding hydrogens is 398 g/mol. The molecular formula is C23H33N3O5. The average molecular weight is 432 g/mol. The quantitative estimate of drug-likeness (QED) is 0.480. The lowest BCUT2D eigenvalue weighted by molar-refractivity contribution is -0.146. The van der Waals surface area contributed by atoms with Gasteiger partial charge in [-0.25, -0.2) is 4.79 Å². The zero-order valence-corrected chi connectivity index (χ0v) is 19.7. The highest BCUT2D eigenvalue weighted by atomic mass is 16.5. The van der Waals surface area contributed by atoms with Crippen molar-refractivity contribution in [2.75, 3.05) is 7.11 Å². The number of nitrogens with zero attached hydrogens (tertiary/aromatic N) is 2. The van der Waals surface area contributed by atoms with Crippen molar-refractivity contribution in [2.45, 2.75) is 74.0 Å². The summed E-state index contributed by atoms with van der Waals surface area (Å²) in [5.41, 5.74) is 4.60. The van der Waals surface area contributed by atoms with Crippen LogP contribution in [0.4, 0.5) is 0 Å². The van der Waals surface area contributed by atoms with Crippen LogP contribution >= 0.6 is 0 Å². The number of methoxy groups -OCH3 is 1. The number of aromatic amines is 1. The Balaban J connectivity index is 2.03. The average Bonchev–Trinajstić information content (AvgIpc) is 3.13. The summed E-state index contributed by atoms with van der Waals surface area (Å²) in [5, 5.41) is 4.57. The van der Waals surface area contributed by atoms with Gasteiger partial charge in [0.1, 0.15) is 0 Å². The number of carbonyl (C=O) groups is 3. The van der Waals surface area contributed by atoms with Gasteiger partial charge in [-0.2, -0.15) is 5.10 Å². The number of ether oxygens (including phenoxy) is 2. The fourth-order valence-corrected chi connectivity index (χ4v) is 3.76. The normalized spacial score (nSPS) is 12.2. The lowest BCUT2D eigenvalue weighted by atomic mass is 10.1. The number of hydrogen-bond acceptors (Lipinski definition) is 6. The number of nitrogens with one attached hydrogen (secondary N) is 1. The van der Waals surface area contributed by atoms with Gasteiger partial charge in [-0.15, -0.1) is 0 Å². The lowest BCUT2D eigenvalue weighted by Crippen LogP contribution is -2.25. The highest BCUT2D eigenvalue weighted by Gasteiger charge is 2.27. The van der Waals surface area contributed by atoms with Crippen LogP contribution in [0.3, 0.4) is 0 Å². The molecule has 2 rings (SSSR count). The van der Waals surface area contributed by atoms with Gasteiger partial charge in [0.05, 0.1) is 24.1 Å². The summed E-state index contributed by atoms with van der Waals surface area (Å²) in [4.78, 5) is 40.0. The number of H-pyrrole nitrogens is 1. The number of carbonyl (C=O) groups excluding carboxylic acids is 3. The minimum atomic E-state index is -0.972. The van der Waals surface area contributed by atoms with Gasteiger partial charge < -0.3 is 14.5 Å². The van der Waals surface area contributed by atoms with E-state index in [9.17, 15) is 14.4 Å². The highest BCUT2D eigenvalue weighted by Crippen LogP contribution is 2.21. The smallest absolute Gasteiger partial charge is 0.339 e. The molecule has 0 saturated heterocycles. The summed E-state index contributed by atoms with van der Waals surface area (Å²) in [6, 6.07) is 0. The standard InChI is InChI=1S/C23H33N3O5/c1-12(2)11-26-16(6)18(14(4)25-26)9-10-19(27)31-17(7)22(28)21-13(3)20(15(5)24-21)23(29)30-8/h12,17,24H,9-11H2,1-8H3. The molecule has 0 fully saturated rings. The summed E-state index contributed by atoms with van der Waals surface area (Å²) < 4.78 is 12.1. The van der Waals surface area contributed by atoms with Crippen LogP contribution in [-0.4, -0.2) is 45.7 Å². The van der Waals surface area contributed by atoms with Crippen LogP contribution in [0.25, 0.3) is 0 Å². The molecule has 0 radical (unpaired) electrons. The molecule has 8 nitrogen and oxygen atoms in total. The largest absolute Gasteiger partial charge is 0.465 e. The molecule has 2 aromatic rings. The van der Waals surface area contributed by atoms with Crippen molar-refractivity contribution >= 4 is 17.7 Å². The van der Waals surface area contributed by atoms with E-state index in [4.69, 9.17) is 9.47 Å². The van der Waals surface area contributed by atoms with E-state index in [0.717, 1.165) is 23.5 Å². The molecule has 0 spiro atoms. The number of aryl methyl sites for hydroxylation is 2. The predicted molar refractivity (Wildman–Crippen MR) is 116 cm³/mol. The molecule has 1 unspecified atom stereocenters. The summed E-state index contributed by atoms with van der Waals surface area (Å²) in [7, 11) is 1.29. The second-order valence-corrected chi connectivity index (χ2v) is 8.34. The number of esters is 2. The van der Waals surface area contributed by atoms with Crippen LogP contribution in [0.15, 0.2) is 0 Å². The zero-order chi connectivity index (χ0) is 23.5. The van der Waals surface area contributed by atoms with E-state index in [0.29, 0.717) is 29.2 Å². The molecule has 0 aliphatic heterocycles. The maximum absolute atomic E-state index is 12.8. The minimum Gasteiger partial charge on any atom is -0.465 e. The van der Waals surface area contributed by atoms with Crippen LogP contribution < -0.4 is 0 Å². The van der Waals surface area contributed by atoms with Gasteiger partial charge in [-0.1, -0.05) is 13.8 Å². The van der Waals surface area contributed by atoms with Crippen LogP contribution in [0, 0.1) is 33.6 Å². The molecule has 2 aromatic heterocycles. The van der Waals surface area contributed by atoms with Crippen molar-refractivity contribution in [2.24, 2.45) is 5.92 Å². The summed E-state index contributed by atoms with van der Waals surface area (Å²) in [6.07, 6.45) is -0.313. The molecule has 31 heavy (non-hydrogen) atoms. The molecule has 0 bridgehead atoms. The fraction of sp³-hybridized carbons (Fsp3) is 0.565. The third-order valence-corrected chi connectivity index (χ3v) is 5.40. The molecule has 0 amide bonds. The van der Waals surface area contributed by atoms with E-state index >= 15 is 0 Å². The summed E-state index contributed by atoms with van der Waals surface area (Å²) >= 11 is 0. The first-order valence-corrected chi connectivity index (χ1v) is 10.5. The predicted octanol–water partition coefficient (Wildman–Crippen LogP) is 3.63. The van der Waals surface area contributed by atoms with Crippen molar-refractivity contribution in [3.8, 4) is 0 Å². The number of Topliss-reactive ketones (excluding diaryl/α,β-unsaturated/α-hetero) is 1. The van der Waals surface area contributed by atoms with Crippen molar-refractivity contribution in [3.05, 3.63) is 39.5 Å². The molecule has 2 heterocycles. The van der Waals surface area contributed by atoms with Gasteiger partial charge in [0.15, 0.2) is 6.10 Å². The molecule has 1 N–H and O–H groups in total. The van der Waals surface area contributed by atoms with Gasteiger partial charge in [0.2, 0.25) is 5.78 Å². The van der Waals surface area contributed by atoms with Gasteiger partial charge >= 0.3 is 11.9 Å². The van der Waals surface area contributed by atoms with Crippen LogP contribution in [0.2, 0.25) is 0 Å². The Morgan fingerprint density at radius 3 is 2.32 bits per heavy atom. The third-order valence-electron chi connectivity index (χ3n) is 5.40. The fourth-order valence-electron chi connectivity index (χ4n) is 3.76. The van der Waals surface area contributed by atoms with E-state index in [1.807, 2.05) is 18.5 Å². The Morgan fingerprint density at radius 2 is 1.74 bits per heavy atom. The number of rotatable bonds is 9. The third kappa shape index (κ3) is 5.42. The second kappa shape index (κ2) is 9.94. The molecule has 170 valence electrons. The van der Waals surface area contributed by atoms with Crippen molar-refractivity contribution < 1.29 is 23.9 Å². The summed E-state index contributed by atoms with van der Waals surface area (Å²) in [6.45, 7) is 13.9. The molecule has 0 aromatic carbocycles. The first-order chi connectivity index (χ1) is 14.5. The van der Waals surface area contributed by atoms with Crippen LogP contribution in [-0.2, 0) is 27.2 Å². The molecule has 8 heteroatoms. The lowest BCUT2D eigenvalue weighted by Gasteiger charge is -2.12. The van der Waals surface area contributed by atoms with Crippen molar-refractivity contribution in [3.63, 3.8) is 0 Å². The van der Waals surface area contributed by atoms with Gasteiger partial charge in [0, 0.05) is 24.4 Å². The summed E-state index contributed by atoms with van der Waals surface area (Å²) in [5.74, 6) is -0.882. The van der Waals surface area contributed by atoms with Gasteiger partial charge in [0.25, 0.3) is 0 Å². The maximum atomic E-state index is 12.8. The second-order valence-electron chi connectivity index (χ2n) is 8.34. The van der Waals surface area contributed by atoms with Gasteiger partial charge in [-0.3, -0.25) is 14.3 Å². The Morgan fingerprint density at radius 1 is 1.10 bits per heavy atom. The van der Waals surface area contributed by atoms with Gasteiger partial charge in [-0.05, 0) is 58.1 Å². The van der Waals surface area contributed by atoms with E-state index in [1.54, 1.807) is 13.8 Å². The van der Waals surface area contributed by atoms with Crippen LogP contribution in [0.5, 0.6) is 0 Å². The first-order valence-electron chi connectivity index (χ1n) is 10.5. The molecule has 0 aliphatic carbocycles. The number of ketones is 1. The topological polar surface area (TPSA) is 103 Å². The van der Waals surface area contributed by atoms with Crippen molar-refractivity contribution in [1.82, 2.24) is 14.8 Å². The van der Waals surface area contributed by atoms with E-state index in [-0.39, 0.29) is 17.9 Å². The maximum Gasteiger partial charge on any atom is 0.339 e. The van der Waals surface area contributed by atoms with Crippen LogP contribution in [0.1, 0.15) is 76.2 Å². The number of hydrogen-bond donors (Lipinski definition) is 1. The minimum absolute atomic E-state index is 0.156. The zero-order valence-electron chi connectivity index (χ0n) is 19.7. The first kappa shape index (κ1) is 24.4. The Bertz CT molecular complexity index is 984. The monoisotopic (exact) mass is 431 g/mol. The number of aromatic nitrogens is 3. The Labute approximate surface area is 183 Å². The molecule has 1 atom stereocenters. The molecule has 0 saturated carbocycles. The highest BCUT2D eigenvalue weighted by molar-refractivity contribution is 6.03.